The second kappa shape index (κ2) is 7.48. The molecule has 0 spiro atoms. The van der Waals surface area contributed by atoms with Crippen LogP contribution in [-0.2, 0) is 16.1 Å². The standard InChI is InChI=1S/C16H17N5O3/c17-10-13-14(19-20-15(13)21-6-8-23-9-7-21)18-16(22)24-11-12-4-2-1-3-5-12/h1-5H,6-9,11H2,(H2,18,19,20,22). The van der Waals surface area contributed by atoms with Gasteiger partial charge in [0.05, 0.1) is 13.2 Å². The molecule has 24 heavy (non-hydrogen) atoms. The predicted molar refractivity (Wildman–Crippen MR) is 86.6 cm³/mol. The fraction of sp³-hybridized carbons (Fsp3) is 0.312. The average Bonchev–Trinajstić information content (AvgIpc) is 3.04. The van der Waals surface area contributed by atoms with Gasteiger partial charge in [-0.1, -0.05) is 30.3 Å². The van der Waals surface area contributed by atoms with Crippen LogP contribution < -0.4 is 10.2 Å². The summed E-state index contributed by atoms with van der Waals surface area (Å²) < 4.78 is 10.4. The lowest BCUT2D eigenvalue weighted by atomic mass is 10.2. The maximum absolute atomic E-state index is 11.9. The van der Waals surface area contributed by atoms with Crippen LogP contribution in [0.3, 0.4) is 0 Å². The first kappa shape index (κ1) is 15.8. The lowest BCUT2D eigenvalue weighted by Crippen LogP contribution is -2.36. The van der Waals surface area contributed by atoms with Crippen molar-refractivity contribution in [3.8, 4) is 6.07 Å². The van der Waals surface area contributed by atoms with E-state index in [-0.39, 0.29) is 18.0 Å². The third-order valence-corrected chi connectivity index (χ3v) is 3.61. The van der Waals surface area contributed by atoms with Crippen molar-refractivity contribution in [3.63, 3.8) is 0 Å². The summed E-state index contributed by atoms with van der Waals surface area (Å²) in [5.74, 6) is 0.746. The molecule has 8 heteroatoms. The summed E-state index contributed by atoms with van der Waals surface area (Å²) in [5.41, 5.74) is 1.17. The van der Waals surface area contributed by atoms with E-state index in [0.29, 0.717) is 32.1 Å². The number of carbonyl (C=O) groups is 1. The molecule has 1 aromatic heterocycles. The Morgan fingerprint density at radius 1 is 1.38 bits per heavy atom. The summed E-state index contributed by atoms with van der Waals surface area (Å²) in [4.78, 5) is 13.9. The molecule has 1 fully saturated rings. The molecular weight excluding hydrogens is 310 g/mol. The summed E-state index contributed by atoms with van der Waals surface area (Å²) in [6.07, 6.45) is -0.646. The minimum atomic E-state index is -0.646. The van der Waals surface area contributed by atoms with Gasteiger partial charge < -0.3 is 14.4 Å². The largest absolute Gasteiger partial charge is 0.444 e. The Bertz CT molecular complexity index is 732. The second-order valence-electron chi connectivity index (χ2n) is 5.20. The summed E-state index contributed by atoms with van der Waals surface area (Å²) >= 11 is 0. The molecular formula is C16H17N5O3. The monoisotopic (exact) mass is 327 g/mol. The molecule has 0 unspecified atom stereocenters. The van der Waals surface area contributed by atoms with E-state index in [1.54, 1.807) is 0 Å². The van der Waals surface area contributed by atoms with Crippen LogP contribution in [0.5, 0.6) is 0 Å². The predicted octanol–water partition coefficient (Wildman–Crippen LogP) is 1.87. The third kappa shape index (κ3) is 3.64. The number of hydrogen-bond acceptors (Lipinski definition) is 6. The highest BCUT2D eigenvalue weighted by molar-refractivity contribution is 5.86. The van der Waals surface area contributed by atoms with Crippen molar-refractivity contribution in [3.05, 3.63) is 41.5 Å². The minimum absolute atomic E-state index is 0.152. The number of nitrogens with zero attached hydrogens (tertiary/aromatic N) is 3. The van der Waals surface area contributed by atoms with Gasteiger partial charge in [0.2, 0.25) is 0 Å². The third-order valence-electron chi connectivity index (χ3n) is 3.61. The van der Waals surface area contributed by atoms with Crippen molar-refractivity contribution < 1.29 is 14.3 Å². The fourth-order valence-corrected chi connectivity index (χ4v) is 2.39. The SMILES string of the molecule is N#Cc1c(N2CCOCC2)n[nH]c1NC(=O)OCc1ccccc1. The van der Waals surface area contributed by atoms with E-state index in [9.17, 15) is 10.1 Å². The highest BCUT2D eigenvalue weighted by Gasteiger charge is 2.22. The number of nitriles is 1. The molecule has 1 amide bonds. The van der Waals surface area contributed by atoms with Crippen molar-refractivity contribution in [2.24, 2.45) is 0 Å². The van der Waals surface area contributed by atoms with Gasteiger partial charge in [-0.3, -0.25) is 10.4 Å². The lowest BCUT2D eigenvalue weighted by Gasteiger charge is -2.26. The van der Waals surface area contributed by atoms with Gasteiger partial charge in [0.1, 0.15) is 18.2 Å². The van der Waals surface area contributed by atoms with Gasteiger partial charge in [-0.25, -0.2) is 4.79 Å². The second-order valence-corrected chi connectivity index (χ2v) is 5.20. The highest BCUT2D eigenvalue weighted by atomic mass is 16.5. The van der Waals surface area contributed by atoms with E-state index in [4.69, 9.17) is 9.47 Å². The van der Waals surface area contributed by atoms with Crippen LogP contribution in [-0.4, -0.2) is 42.6 Å². The number of aromatic amines is 1. The highest BCUT2D eigenvalue weighted by Crippen LogP contribution is 2.24. The Morgan fingerprint density at radius 3 is 2.83 bits per heavy atom. The molecule has 2 N–H and O–H groups in total. The molecule has 2 heterocycles. The van der Waals surface area contributed by atoms with E-state index >= 15 is 0 Å². The number of hydrogen-bond donors (Lipinski definition) is 2. The maximum Gasteiger partial charge on any atom is 0.413 e. The van der Waals surface area contributed by atoms with Gasteiger partial charge in [0, 0.05) is 13.1 Å². The Balaban J connectivity index is 1.63. The molecule has 0 aliphatic carbocycles. The van der Waals surface area contributed by atoms with E-state index in [1.807, 2.05) is 35.2 Å². The van der Waals surface area contributed by atoms with Crippen LogP contribution in [0.2, 0.25) is 0 Å². The Labute approximate surface area is 139 Å². The molecule has 8 nitrogen and oxygen atoms in total. The van der Waals surface area contributed by atoms with Gasteiger partial charge in [-0.2, -0.15) is 10.4 Å². The Hall–Kier alpha value is -3.05. The van der Waals surface area contributed by atoms with Gasteiger partial charge in [0.15, 0.2) is 11.6 Å². The molecule has 1 saturated heterocycles. The normalized spacial score (nSPS) is 14.0. The molecule has 0 atom stereocenters. The number of benzene rings is 1. The van der Waals surface area contributed by atoms with E-state index < -0.39 is 6.09 Å². The van der Waals surface area contributed by atoms with Crippen molar-refractivity contribution >= 4 is 17.7 Å². The summed E-state index contributed by atoms with van der Waals surface area (Å²) in [6.45, 7) is 2.62. The maximum atomic E-state index is 11.9. The van der Waals surface area contributed by atoms with Crippen molar-refractivity contribution in [2.45, 2.75) is 6.61 Å². The van der Waals surface area contributed by atoms with Crippen LogP contribution in [0, 0.1) is 11.3 Å². The first-order valence-electron chi connectivity index (χ1n) is 7.57. The van der Waals surface area contributed by atoms with Crippen molar-refractivity contribution in [1.82, 2.24) is 10.2 Å². The minimum Gasteiger partial charge on any atom is -0.444 e. The summed E-state index contributed by atoms with van der Waals surface area (Å²) in [7, 11) is 0. The van der Waals surface area contributed by atoms with Crippen LogP contribution in [0.4, 0.5) is 16.4 Å². The number of carbonyl (C=O) groups excluding carboxylic acids is 1. The smallest absolute Gasteiger partial charge is 0.413 e. The zero-order valence-electron chi connectivity index (χ0n) is 13.0. The number of aromatic nitrogens is 2. The van der Waals surface area contributed by atoms with Gasteiger partial charge >= 0.3 is 6.09 Å². The van der Waals surface area contributed by atoms with E-state index in [0.717, 1.165) is 5.56 Å². The van der Waals surface area contributed by atoms with Crippen LogP contribution in [0.25, 0.3) is 0 Å². The molecule has 0 bridgehead atoms. The van der Waals surface area contributed by atoms with Gasteiger partial charge in [-0.05, 0) is 5.56 Å². The number of anilines is 2. The van der Waals surface area contributed by atoms with Crippen LogP contribution >= 0.6 is 0 Å². The number of ether oxygens (including phenoxy) is 2. The molecule has 2 aromatic rings. The first-order chi connectivity index (χ1) is 11.8. The Kier molecular flexibility index (Phi) is 4.93. The molecule has 1 aliphatic rings. The average molecular weight is 327 g/mol. The number of nitrogens with one attached hydrogen (secondary N) is 2. The molecule has 1 aromatic carbocycles. The molecule has 3 rings (SSSR count). The Morgan fingerprint density at radius 2 is 2.12 bits per heavy atom. The first-order valence-corrected chi connectivity index (χ1v) is 7.57. The van der Waals surface area contributed by atoms with Gasteiger partial charge in [0.25, 0.3) is 0 Å². The topological polar surface area (TPSA) is 103 Å². The molecule has 0 radical (unpaired) electrons. The zero-order valence-corrected chi connectivity index (χ0v) is 13.0. The van der Waals surface area contributed by atoms with E-state index in [2.05, 4.69) is 21.6 Å². The number of amides is 1. The number of H-pyrrole nitrogens is 1. The lowest BCUT2D eigenvalue weighted by molar-refractivity contribution is 0.122. The van der Waals surface area contributed by atoms with E-state index in [1.165, 1.54) is 0 Å². The number of rotatable bonds is 4. The van der Waals surface area contributed by atoms with Gasteiger partial charge in [-0.15, -0.1) is 0 Å². The molecule has 124 valence electrons. The van der Waals surface area contributed by atoms with Crippen LogP contribution in [0.15, 0.2) is 30.3 Å². The number of morpholine rings is 1. The van der Waals surface area contributed by atoms with Crippen molar-refractivity contribution in [1.29, 1.82) is 5.26 Å². The molecule has 1 aliphatic heterocycles. The van der Waals surface area contributed by atoms with Crippen molar-refractivity contribution in [2.75, 3.05) is 36.5 Å². The zero-order chi connectivity index (χ0) is 16.8. The van der Waals surface area contributed by atoms with Crippen LogP contribution in [0.1, 0.15) is 11.1 Å². The molecule has 0 saturated carbocycles. The summed E-state index contributed by atoms with van der Waals surface area (Å²) in [5, 5.41) is 18.7. The summed E-state index contributed by atoms with van der Waals surface area (Å²) in [6, 6.07) is 11.4. The fourth-order valence-electron chi connectivity index (χ4n) is 2.39. The quantitative estimate of drug-likeness (QED) is 0.888.